The van der Waals surface area contributed by atoms with Crippen LogP contribution in [0.5, 0.6) is 5.75 Å². The van der Waals surface area contributed by atoms with Gasteiger partial charge in [-0.1, -0.05) is 32.9 Å². The standard InChI is InChI=1S/C17H29NOS/c1-5-11-19-16-8-6-15(7-9-16)17(18-4)13-20-12-10-14(2)3/h6-9,14,17-18H,5,10-13H2,1-4H3. The topological polar surface area (TPSA) is 21.3 Å². The highest BCUT2D eigenvalue weighted by atomic mass is 32.2. The molecule has 0 aliphatic carbocycles. The van der Waals surface area contributed by atoms with Crippen LogP contribution in [-0.2, 0) is 0 Å². The summed E-state index contributed by atoms with van der Waals surface area (Å²) in [6.07, 6.45) is 2.35. The van der Waals surface area contributed by atoms with Gasteiger partial charge >= 0.3 is 0 Å². The second-order valence-corrected chi connectivity index (χ2v) is 6.67. The average molecular weight is 295 g/mol. The van der Waals surface area contributed by atoms with Crippen molar-refractivity contribution in [1.82, 2.24) is 5.32 Å². The van der Waals surface area contributed by atoms with Gasteiger partial charge in [-0.3, -0.25) is 0 Å². The third kappa shape index (κ3) is 6.67. The van der Waals surface area contributed by atoms with E-state index in [0.717, 1.165) is 30.4 Å². The van der Waals surface area contributed by atoms with E-state index in [1.807, 2.05) is 18.8 Å². The first kappa shape index (κ1) is 17.4. The normalized spacial score (nSPS) is 12.7. The summed E-state index contributed by atoms with van der Waals surface area (Å²) in [6, 6.07) is 8.93. The van der Waals surface area contributed by atoms with E-state index in [-0.39, 0.29) is 0 Å². The first-order chi connectivity index (χ1) is 9.67. The van der Waals surface area contributed by atoms with Crippen molar-refractivity contribution in [2.24, 2.45) is 5.92 Å². The van der Waals surface area contributed by atoms with Gasteiger partial charge in [0, 0.05) is 11.8 Å². The van der Waals surface area contributed by atoms with Gasteiger partial charge < -0.3 is 10.1 Å². The molecule has 0 saturated heterocycles. The molecule has 0 aliphatic heterocycles. The molecule has 1 rings (SSSR count). The van der Waals surface area contributed by atoms with E-state index in [2.05, 4.69) is 50.4 Å². The second kappa shape index (κ2) is 10.1. The van der Waals surface area contributed by atoms with E-state index in [4.69, 9.17) is 4.74 Å². The number of hydrogen-bond acceptors (Lipinski definition) is 3. The van der Waals surface area contributed by atoms with Gasteiger partial charge in [-0.2, -0.15) is 11.8 Å². The van der Waals surface area contributed by atoms with Gasteiger partial charge in [-0.25, -0.2) is 0 Å². The van der Waals surface area contributed by atoms with Crippen molar-refractivity contribution in [3.05, 3.63) is 29.8 Å². The van der Waals surface area contributed by atoms with Gasteiger partial charge in [-0.05, 0) is 49.3 Å². The van der Waals surface area contributed by atoms with Crippen LogP contribution in [0, 0.1) is 5.92 Å². The molecule has 0 bridgehead atoms. The molecule has 0 heterocycles. The Kier molecular flexibility index (Phi) is 8.79. The molecule has 0 amide bonds. The molecule has 0 aliphatic rings. The Labute approximate surface area is 128 Å². The molecular formula is C17H29NOS. The Morgan fingerprint density at radius 2 is 1.90 bits per heavy atom. The molecule has 1 N–H and O–H groups in total. The van der Waals surface area contributed by atoms with Crippen molar-refractivity contribution < 1.29 is 4.74 Å². The first-order valence-electron chi connectivity index (χ1n) is 7.65. The third-order valence-electron chi connectivity index (χ3n) is 3.23. The van der Waals surface area contributed by atoms with Crippen molar-refractivity contribution in [2.45, 2.75) is 39.7 Å². The van der Waals surface area contributed by atoms with E-state index >= 15 is 0 Å². The van der Waals surface area contributed by atoms with Crippen LogP contribution in [0.2, 0.25) is 0 Å². The molecule has 0 fully saturated rings. The van der Waals surface area contributed by atoms with Crippen LogP contribution in [0.15, 0.2) is 24.3 Å². The molecule has 1 atom stereocenters. The lowest BCUT2D eigenvalue weighted by molar-refractivity contribution is 0.317. The highest BCUT2D eigenvalue weighted by Gasteiger charge is 2.09. The van der Waals surface area contributed by atoms with Gasteiger partial charge in [0.2, 0.25) is 0 Å². The summed E-state index contributed by atoms with van der Waals surface area (Å²) in [5.41, 5.74) is 1.34. The Balaban J connectivity index is 2.43. The summed E-state index contributed by atoms with van der Waals surface area (Å²) in [6.45, 7) is 7.48. The van der Waals surface area contributed by atoms with Crippen molar-refractivity contribution in [3.8, 4) is 5.75 Å². The van der Waals surface area contributed by atoms with Gasteiger partial charge in [0.25, 0.3) is 0 Å². The lowest BCUT2D eigenvalue weighted by atomic mass is 10.1. The Morgan fingerprint density at radius 1 is 1.20 bits per heavy atom. The smallest absolute Gasteiger partial charge is 0.119 e. The van der Waals surface area contributed by atoms with Gasteiger partial charge in [0.1, 0.15) is 5.75 Å². The molecule has 114 valence electrons. The fourth-order valence-corrected chi connectivity index (χ4v) is 3.28. The summed E-state index contributed by atoms with van der Waals surface area (Å²) < 4.78 is 5.62. The van der Waals surface area contributed by atoms with Crippen LogP contribution in [0.1, 0.15) is 45.2 Å². The van der Waals surface area contributed by atoms with Gasteiger partial charge in [0.05, 0.1) is 6.61 Å². The SMILES string of the molecule is CCCOc1ccc(C(CSCCC(C)C)NC)cc1. The quantitative estimate of drug-likeness (QED) is 0.641. The number of ether oxygens (including phenoxy) is 1. The molecule has 0 aromatic heterocycles. The van der Waals surface area contributed by atoms with Crippen molar-refractivity contribution >= 4 is 11.8 Å². The molecule has 1 aromatic carbocycles. The number of hydrogen-bond donors (Lipinski definition) is 1. The van der Waals surface area contributed by atoms with Crippen molar-refractivity contribution in [2.75, 3.05) is 25.2 Å². The second-order valence-electron chi connectivity index (χ2n) is 5.52. The maximum atomic E-state index is 5.62. The zero-order valence-corrected chi connectivity index (χ0v) is 14.1. The number of nitrogens with one attached hydrogen (secondary N) is 1. The molecule has 2 nitrogen and oxygen atoms in total. The van der Waals surface area contributed by atoms with Crippen LogP contribution >= 0.6 is 11.8 Å². The molecule has 20 heavy (non-hydrogen) atoms. The van der Waals surface area contributed by atoms with Crippen LogP contribution < -0.4 is 10.1 Å². The van der Waals surface area contributed by atoms with Gasteiger partial charge in [-0.15, -0.1) is 0 Å². The molecule has 0 saturated carbocycles. The van der Waals surface area contributed by atoms with E-state index in [1.165, 1.54) is 17.7 Å². The maximum Gasteiger partial charge on any atom is 0.119 e. The fourth-order valence-electron chi connectivity index (χ4n) is 1.88. The van der Waals surface area contributed by atoms with Crippen LogP contribution in [-0.4, -0.2) is 25.2 Å². The Morgan fingerprint density at radius 3 is 2.45 bits per heavy atom. The molecule has 1 aromatic rings. The minimum absolute atomic E-state index is 0.424. The predicted molar refractivity (Wildman–Crippen MR) is 90.8 cm³/mol. The predicted octanol–water partition coefficient (Wildman–Crippen LogP) is 4.52. The molecule has 0 spiro atoms. The van der Waals surface area contributed by atoms with Crippen molar-refractivity contribution in [3.63, 3.8) is 0 Å². The lowest BCUT2D eigenvalue weighted by Crippen LogP contribution is -2.19. The zero-order chi connectivity index (χ0) is 14.8. The summed E-state index contributed by atoms with van der Waals surface area (Å²) in [4.78, 5) is 0. The van der Waals surface area contributed by atoms with E-state index in [0.29, 0.717) is 6.04 Å². The Bertz CT molecular complexity index is 351. The van der Waals surface area contributed by atoms with E-state index in [1.54, 1.807) is 0 Å². The highest BCUT2D eigenvalue weighted by Crippen LogP contribution is 2.22. The Hall–Kier alpha value is -0.670. The maximum absolute atomic E-state index is 5.62. The number of rotatable bonds is 10. The molecule has 0 radical (unpaired) electrons. The molecular weight excluding hydrogens is 266 g/mol. The average Bonchev–Trinajstić information content (AvgIpc) is 2.46. The van der Waals surface area contributed by atoms with Gasteiger partial charge in [0.15, 0.2) is 0 Å². The van der Waals surface area contributed by atoms with Crippen molar-refractivity contribution in [1.29, 1.82) is 0 Å². The fraction of sp³-hybridized carbons (Fsp3) is 0.647. The summed E-state index contributed by atoms with van der Waals surface area (Å²) >= 11 is 2.03. The summed E-state index contributed by atoms with van der Waals surface area (Å²) in [7, 11) is 2.04. The molecule has 1 unspecified atom stereocenters. The molecule has 3 heteroatoms. The summed E-state index contributed by atoms with van der Waals surface area (Å²) in [5, 5.41) is 3.41. The number of thioether (sulfide) groups is 1. The third-order valence-corrected chi connectivity index (χ3v) is 4.32. The zero-order valence-electron chi connectivity index (χ0n) is 13.3. The monoisotopic (exact) mass is 295 g/mol. The van der Waals surface area contributed by atoms with E-state index < -0.39 is 0 Å². The minimum Gasteiger partial charge on any atom is -0.494 e. The van der Waals surface area contributed by atoms with Crippen LogP contribution in [0.25, 0.3) is 0 Å². The number of benzene rings is 1. The first-order valence-corrected chi connectivity index (χ1v) is 8.80. The van der Waals surface area contributed by atoms with Crippen LogP contribution in [0.3, 0.4) is 0 Å². The largest absolute Gasteiger partial charge is 0.494 e. The highest BCUT2D eigenvalue weighted by molar-refractivity contribution is 7.99. The lowest BCUT2D eigenvalue weighted by Gasteiger charge is -2.17. The van der Waals surface area contributed by atoms with E-state index in [9.17, 15) is 0 Å². The minimum atomic E-state index is 0.424. The summed E-state index contributed by atoms with van der Waals surface area (Å²) in [5.74, 6) is 4.13. The van der Waals surface area contributed by atoms with Crippen LogP contribution in [0.4, 0.5) is 0 Å².